The number of amides is 1. The number of carbonyl (C=O) groups is 1. The highest BCUT2D eigenvalue weighted by molar-refractivity contribution is 5.76. The maximum absolute atomic E-state index is 12.4. The van der Waals surface area contributed by atoms with E-state index < -0.39 is 0 Å². The van der Waals surface area contributed by atoms with Gasteiger partial charge in [-0.1, -0.05) is 51.9 Å². The first-order valence-corrected chi connectivity index (χ1v) is 11.3. The Labute approximate surface area is 161 Å². The van der Waals surface area contributed by atoms with Crippen LogP contribution in [0.4, 0.5) is 0 Å². The summed E-state index contributed by atoms with van der Waals surface area (Å²) in [6, 6.07) is 0.681. The predicted octanol–water partition coefficient (Wildman–Crippen LogP) is 4.62. The summed E-state index contributed by atoms with van der Waals surface area (Å²) in [6.45, 7) is 6.51. The fraction of sp³-hybridized carbons (Fsp3) is 0.955. The first-order chi connectivity index (χ1) is 12.7. The first-order valence-electron chi connectivity index (χ1n) is 11.3. The van der Waals surface area contributed by atoms with Crippen LogP contribution >= 0.6 is 0 Å². The highest BCUT2D eigenvalue weighted by Gasteiger charge is 2.29. The number of hydrogen-bond acceptors (Lipinski definition) is 3. The molecule has 0 radical (unpaired) electrons. The highest BCUT2D eigenvalue weighted by Crippen LogP contribution is 2.22. The van der Waals surface area contributed by atoms with Crippen molar-refractivity contribution in [3.05, 3.63) is 0 Å². The van der Waals surface area contributed by atoms with Gasteiger partial charge in [0.1, 0.15) is 0 Å². The maximum Gasteiger partial charge on any atom is 0.222 e. The molecule has 4 nitrogen and oxygen atoms in total. The molecule has 0 bridgehead atoms. The maximum atomic E-state index is 12.4. The zero-order chi connectivity index (χ0) is 18.6. The van der Waals surface area contributed by atoms with Gasteiger partial charge in [-0.05, 0) is 32.1 Å². The topological polar surface area (TPSA) is 32.8 Å². The van der Waals surface area contributed by atoms with Crippen molar-refractivity contribution in [2.24, 2.45) is 0 Å². The minimum atomic E-state index is 0.396. The number of unbranched alkanes of at least 4 members (excludes halogenated alkanes) is 7. The van der Waals surface area contributed by atoms with Gasteiger partial charge in [0.2, 0.25) is 5.91 Å². The molecule has 2 aliphatic heterocycles. The molecule has 0 saturated carbocycles. The molecular formula is C22H42N2O2. The summed E-state index contributed by atoms with van der Waals surface area (Å²) in [5, 5.41) is 0. The quantitative estimate of drug-likeness (QED) is 0.500. The minimum absolute atomic E-state index is 0.396. The Morgan fingerprint density at radius 3 is 2.00 bits per heavy atom. The van der Waals surface area contributed by atoms with Crippen molar-refractivity contribution in [1.82, 2.24) is 9.80 Å². The summed E-state index contributed by atoms with van der Waals surface area (Å²) in [6.07, 6.45) is 16.2. The van der Waals surface area contributed by atoms with Gasteiger partial charge >= 0.3 is 0 Å². The highest BCUT2D eigenvalue weighted by atomic mass is 16.5. The number of hydrogen-bond donors (Lipinski definition) is 0. The van der Waals surface area contributed by atoms with Gasteiger partial charge in [-0.15, -0.1) is 0 Å². The Morgan fingerprint density at radius 2 is 1.42 bits per heavy atom. The second-order valence-corrected chi connectivity index (χ2v) is 8.31. The predicted molar refractivity (Wildman–Crippen MR) is 108 cm³/mol. The van der Waals surface area contributed by atoms with E-state index in [2.05, 4.69) is 16.7 Å². The molecule has 0 aromatic heterocycles. The molecule has 2 heterocycles. The van der Waals surface area contributed by atoms with E-state index in [0.717, 1.165) is 64.7 Å². The first kappa shape index (κ1) is 21.7. The van der Waals surface area contributed by atoms with Gasteiger partial charge in [0.25, 0.3) is 0 Å². The summed E-state index contributed by atoms with van der Waals surface area (Å²) in [7, 11) is 1.83. The molecule has 0 aromatic carbocycles. The van der Waals surface area contributed by atoms with Gasteiger partial charge in [-0.25, -0.2) is 0 Å². The van der Waals surface area contributed by atoms with Crippen LogP contribution in [0.25, 0.3) is 0 Å². The van der Waals surface area contributed by atoms with Crippen LogP contribution in [0.2, 0.25) is 0 Å². The van der Waals surface area contributed by atoms with Gasteiger partial charge in [0.15, 0.2) is 0 Å². The molecule has 0 atom stereocenters. The van der Waals surface area contributed by atoms with Crippen LogP contribution in [0, 0.1) is 0 Å². The van der Waals surface area contributed by atoms with E-state index in [1.54, 1.807) is 0 Å². The molecule has 26 heavy (non-hydrogen) atoms. The summed E-state index contributed by atoms with van der Waals surface area (Å²) < 4.78 is 5.47. The average Bonchev–Trinajstić information content (AvgIpc) is 2.70. The van der Waals surface area contributed by atoms with E-state index in [1.807, 2.05) is 7.11 Å². The largest absolute Gasteiger partial charge is 0.381 e. The second kappa shape index (κ2) is 12.7. The molecule has 2 aliphatic rings. The smallest absolute Gasteiger partial charge is 0.222 e. The van der Waals surface area contributed by atoms with Crippen molar-refractivity contribution >= 4 is 5.91 Å². The summed E-state index contributed by atoms with van der Waals surface area (Å²) >= 11 is 0. The van der Waals surface area contributed by atoms with Crippen molar-refractivity contribution in [2.45, 2.75) is 103 Å². The molecule has 152 valence electrons. The lowest BCUT2D eigenvalue weighted by molar-refractivity contribution is -0.133. The van der Waals surface area contributed by atoms with Crippen LogP contribution in [0.1, 0.15) is 90.4 Å². The SMILES string of the molecule is CCCCCCCCCCC(=O)N1CCC(N2CCC(OC)CC2)CC1. The summed E-state index contributed by atoms with van der Waals surface area (Å²) in [4.78, 5) is 17.2. The Balaban J connectivity index is 1.51. The fourth-order valence-electron chi connectivity index (χ4n) is 4.53. The zero-order valence-electron chi connectivity index (χ0n) is 17.4. The Morgan fingerprint density at radius 1 is 0.846 bits per heavy atom. The Bertz CT molecular complexity index is 372. The number of ether oxygens (including phenoxy) is 1. The second-order valence-electron chi connectivity index (χ2n) is 8.31. The van der Waals surface area contributed by atoms with E-state index in [4.69, 9.17) is 4.74 Å². The lowest BCUT2D eigenvalue weighted by atomic mass is 9.98. The normalized spacial score (nSPS) is 20.6. The van der Waals surface area contributed by atoms with Crippen LogP contribution in [0.5, 0.6) is 0 Å². The van der Waals surface area contributed by atoms with Crippen LogP contribution in [0.3, 0.4) is 0 Å². The Hall–Kier alpha value is -0.610. The molecule has 2 fully saturated rings. The molecule has 1 amide bonds. The number of likely N-dealkylation sites (tertiary alicyclic amines) is 2. The molecule has 0 aliphatic carbocycles. The van der Waals surface area contributed by atoms with Crippen molar-refractivity contribution in [2.75, 3.05) is 33.3 Å². The molecule has 4 heteroatoms. The van der Waals surface area contributed by atoms with Crippen molar-refractivity contribution in [3.8, 4) is 0 Å². The third kappa shape index (κ3) is 7.56. The fourth-order valence-corrected chi connectivity index (χ4v) is 4.53. The number of nitrogens with zero attached hydrogens (tertiary/aromatic N) is 2. The van der Waals surface area contributed by atoms with Gasteiger partial charge in [0.05, 0.1) is 6.10 Å². The monoisotopic (exact) mass is 366 g/mol. The van der Waals surface area contributed by atoms with Gasteiger partial charge in [0, 0.05) is 45.8 Å². The third-order valence-corrected chi connectivity index (χ3v) is 6.39. The van der Waals surface area contributed by atoms with Crippen molar-refractivity contribution in [1.29, 1.82) is 0 Å². The van der Waals surface area contributed by atoms with Crippen LogP contribution < -0.4 is 0 Å². The molecule has 2 saturated heterocycles. The molecule has 0 unspecified atom stereocenters. The van der Waals surface area contributed by atoms with E-state index in [9.17, 15) is 4.79 Å². The van der Waals surface area contributed by atoms with Crippen LogP contribution in [-0.2, 0) is 9.53 Å². The molecule has 0 aromatic rings. The minimum Gasteiger partial charge on any atom is -0.381 e. The zero-order valence-corrected chi connectivity index (χ0v) is 17.4. The number of carbonyl (C=O) groups excluding carboxylic acids is 1. The standard InChI is InChI=1S/C22H42N2O2/c1-3-4-5-6-7-8-9-10-11-22(25)24-16-12-20(13-17-24)23-18-14-21(26-2)15-19-23/h20-21H,3-19H2,1-2H3. The Kier molecular flexibility index (Phi) is 10.6. The van der Waals surface area contributed by atoms with Crippen molar-refractivity contribution < 1.29 is 9.53 Å². The van der Waals surface area contributed by atoms with Crippen LogP contribution in [-0.4, -0.2) is 61.1 Å². The lowest BCUT2D eigenvalue weighted by Crippen LogP contribution is -2.49. The molecule has 2 rings (SSSR count). The number of rotatable bonds is 11. The van der Waals surface area contributed by atoms with E-state index >= 15 is 0 Å². The van der Waals surface area contributed by atoms with Gasteiger partial charge in [-0.3, -0.25) is 4.79 Å². The summed E-state index contributed by atoms with van der Waals surface area (Å²) in [5.74, 6) is 0.396. The van der Waals surface area contributed by atoms with E-state index in [0.29, 0.717) is 18.1 Å². The van der Waals surface area contributed by atoms with Crippen molar-refractivity contribution in [3.63, 3.8) is 0 Å². The average molecular weight is 367 g/mol. The van der Waals surface area contributed by atoms with Gasteiger partial charge in [-0.2, -0.15) is 0 Å². The lowest BCUT2D eigenvalue weighted by Gasteiger charge is -2.41. The van der Waals surface area contributed by atoms with E-state index in [1.165, 1.54) is 44.9 Å². The molecular weight excluding hydrogens is 324 g/mol. The summed E-state index contributed by atoms with van der Waals surface area (Å²) in [5.41, 5.74) is 0. The molecule has 0 spiro atoms. The van der Waals surface area contributed by atoms with Crippen LogP contribution in [0.15, 0.2) is 0 Å². The number of piperidine rings is 2. The van der Waals surface area contributed by atoms with Gasteiger partial charge < -0.3 is 14.5 Å². The molecule has 0 N–H and O–H groups in total. The third-order valence-electron chi connectivity index (χ3n) is 6.39. The number of methoxy groups -OCH3 is 1. The van der Waals surface area contributed by atoms with E-state index in [-0.39, 0.29) is 0 Å².